The van der Waals surface area contributed by atoms with E-state index in [0.717, 1.165) is 81.2 Å². The molecule has 0 bridgehead atoms. The second-order valence-corrected chi connectivity index (χ2v) is 15.6. The molecule has 0 aliphatic carbocycles. The van der Waals surface area contributed by atoms with Crippen LogP contribution in [0.4, 0.5) is 0 Å². The predicted octanol–water partition coefficient (Wildman–Crippen LogP) is 7.65. The molecule has 51 heavy (non-hydrogen) atoms. The van der Waals surface area contributed by atoms with Gasteiger partial charge in [0.05, 0.1) is 5.69 Å². The van der Waals surface area contributed by atoms with Crippen molar-refractivity contribution in [2.45, 2.75) is 45.9 Å². The highest BCUT2D eigenvalue weighted by atomic mass is 31.2. The van der Waals surface area contributed by atoms with E-state index in [1.807, 2.05) is 91.0 Å². The molecule has 8 nitrogen and oxygen atoms in total. The van der Waals surface area contributed by atoms with E-state index in [0.29, 0.717) is 25.1 Å². The second-order valence-electron chi connectivity index (χ2n) is 12.9. The van der Waals surface area contributed by atoms with Crippen LogP contribution in [0.15, 0.2) is 127 Å². The largest absolute Gasteiger partial charge is 0.454 e. The minimum atomic E-state index is -3.45. The number of imidazole rings is 1. The van der Waals surface area contributed by atoms with Crippen LogP contribution in [0.2, 0.25) is 0 Å². The molecule has 0 unspecified atom stereocenters. The lowest BCUT2D eigenvalue weighted by Gasteiger charge is -2.26. The molecule has 0 saturated carbocycles. The predicted molar refractivity (Wildman–Crippen MR) is 200 cm³/mol. The molecule has 0 fully saturated rings. The van der Waals surface area contributed by atoms with Gasteiger partial charge in [-0.15, -0.1) is 0 Å². The monoisotopic (exact) mass is 697 g/mol. The first-order valence-corrected chi connectivity index (χ1v) is 19.2. The topological polar surface area (TPSA) is 75.1 Å². The van der Waals surface area contributed by atoms with Gasteiger partial charge in [0.1, 0.15) is 11.3 Å². The smallest absolute Gasteiger partial charge is 0.231 e. The molecular formula is C42H40N3O5P. The zero-order valence-corrected chi connectivity index (χ0v) is 29.5. The molecule has 5 aromatic carbocycles. The van der Waals surface area contributed by atoms with Crippen molar-refractivity contribution in [1.82, 2.24) is 14.5 Å². The summed E-state index contributed by atoms with van der Waals surface area (Å²) in [5.74, 6) is 3.81. The molecule has 0 amide bonds. The standard InChI is InChI=1S/C42H40N3O5P/c1-2-3-23-45-36(28-44(26-31-19-21-37-39(24-31)49-29-47-37)27-32-20-22-38-40(25-32)50-30-48-38)42(43-41(45)33-13-7-4-8-14-33)51(46,34-15-9-5-10-16-34)35-17-11-6-12-18-35/h4-22,24-25H,2-3,23,26-30H2,1H3. The molecule has 6 aromatic rings. The minimum Gasteiger partial charge on any atom is -0.454 e. The summed E-state index contributed by atoms with van der Waals surface area (Å²) in [6.45, 7) is 5.08. The summed E-state index contributed by atoms with van der Waals surface area (Å²) < 4.78 is 41.2. The quantitative estimate of drug-likeness (QED) is 0.115. The third-order valence-corrected chi connectivity index (χ3v) is 12.4. The molecule has 2 aliphatic rings. The molecule has 0 spiro atoms. The van der Waals surface area contributed by atoms with Crippen LogP contribution in [0.3, 0.4) is 0 Å². The number of ether oxygens (including phenoxy) is 4. The van der Waals surface area contributed by atoms with Gasteiger partial charge < -0.3 is 28.1 Å². The molecule has 9 heteroatoms. The van der Waals surface area contributed by atoms with Gasteiger partial charge in [-0.05, 0) is 41.8 Å². The normalized spacial score (nSPS) is 13.2. The van der Waals surface area contributed by atoms with Crippen LogP contribution in [0.5, 0.6) is 23.0 Å². The highest BCUT2D eigenvalue weighted by Gasteiger charge is 2.37. The average Bonchev–Trinajstić information content (AvgIpc) is 3.93. The first kappa shape index (κ1) is 32.9. The number of fused-ring (bicyclic) bond motifs is 2. The third-order valence-electron chi connectivity index (χ3n) is 9.42. The molecule has 0 radical (unpaired) electrons. The van der Waals surface area contributed by atoms with E-state index < -0.39 is 7.14 Å². The molecule has 3 heterocycles. The SMILES string of the molecule is CCCCn1c(-c2ccccc2)nc(P(=O)(c2ccccc2)c2ccccc2)c1CN(Cc1ccc2c(c1)OCO2)Cc1ccc2c(c1)OCO2. The Hall–Kier alpha value is -5.30. The summed E-state index contributed by atoms with van der Waals surface area (Å²) in [6, 6.07) is 42.2. The van der Waals surface area contributed by atoms with E-state index in [9.17, 15) is 0 Å². The van der Waals surface area contributed by atoms with Crippen molar-refractivity contribution in [2.75, 3.05) is 13.6 Å². The Labute approximate surface area is 298 Å². The Balaban J connectivity index is 1.31. The van der Waals surface area contributed by atoms with Crippen LogP contribution >= 0.6 is 7.14 Å². The zero-order valence-electron chi connectivity index (χ0n) is 28.6. The fourth-order valence-electron chi connectivity index (χ4n) is 6.89. The Kier molecular flexibility index (Phi) is 9.35. The van der Waals surface area contributed by atoms with E-state index >= 15 is 4.57 Å². The van der Waals surface area contributed by atoms with E-state index in [4.69, 9.17) is 23.9 Å². The molecule has 258 valence electrons. The van der Waals surface area contributed by atoms with Gasteiger partial charge in [-0.1, -0.05) is 116 Å². The van der Waals surface area contributed by atoms with Gasteiger partial charge in [-0.25, -0.2) is 4.98 Å². The van der Waals surface area contributed by atoms with Gasteiger partial charge in [0.25, 0.3) is 0 Å². The van der Waals surface area contributed by atoms with Gasteiger partial charge in [0.2, 0.25) is 13.6 Å². The van der Waals surface area contributed by atoms with Crippen molar-refractivity contribution in [3.05, 3.63) is 144 Å². The number of unbranched alkanes of at least 4 members (excludes halogenated alkanes) is 1. The van der Waals surface area contributed by atoms with Crippen molar-refractivity contribution in [1.29, 1.82) is 0 Å². The van der Waals surface area contributed by atoms with E-state index in [-0.39, 0.29) is 13.6 Å². The van der Waals surface area contributed by atoms with Crippen molar-refractivity contribution in [3.8, 4) is 34.4 Å². The first-order valence-electron chi connectivity index (χ1n) is 17.5. The fourth-order valence-corrected chi connectivity index (χ4v) is 9.65. The summed E-state index contributed by atoms with van der Waals surface area (Å²) in [7, 11) is -3.45. The molecule has 0 saturated heterocycles. The maximum absolute atomic E-state index is 16.1. The maximum atomic E-state index is 16.1. The molecule has 1 aromatic heterocycles. The van der Waals surface area contributed by atoms with Crippen LogP contribution < -0.4 is 35.0 Å². The number of benzene rings is 5. The van der Waals surface area contributed by atoms with Gasteiger partial charge in [-0.2, -0.15) is 0 Å². The molecule has 0 atom stereocenters. The summed E-state index contributed by atoms with van der Waals surface area (Å²) >= 11 is 0. The van der Waals surface area contributed by atoms with Crippen molar-refractivity contribution in [2.24, 2.45) is 0 Å². The van der Waals surface area contributed by atoms with Crippen molar-refractivity contribution < 1.29 is 23.5 Å². The van der Waals surface area contributed by atoms with Gasteiger partial charge in [-0.3, -0.25) is 4.90 Å². The maximum Gasteiger partial charge on any atom is 0.231 e. The summed E-state index contributed by atoms with van der Waals surface area (Å²) in [5, 5.41) is 1.52. The zero-order chi connectivity index (χ0) is 34.6. The number of hydrogen-bond acceptors (Lipinski definition) is 7. The molecular weight excluding hydrogens is 657 g/mol. The van der Waals surface area contributed by atoms with Crippen LogP contribution in [0.1, 0.15) is 36.6 Å². The van der Waals surface area contributed by atoms with Gasteiger partial charge in [0, 0.05) is 42.4 Å². The Morgan fingerprint density at radius 2 is 1.16 bits per heavy atom. The van der Waals surface area contributed by atoms with E-state index in [1.54, 1.807) is 0 Å². The van der Waals surface area contributed by atoms with Crippen molar-refractivity contribution in [3.63, 3.8) is 0 Å². The first-order chi connectivity index (χ1) is 25.1. The third kappa shape index (κ3) is 6.65. The van der Waals surface area contributed by atoms with E-state index in [2.05, 4.69) is 52.8 Å². The molecule has 0 N–H and O–H groups in total. The molecule has 8 rings (SSSR count). The number of hydrogen-bond donors (Lipinski definition) is 0. The summed E-state index contributed by atoms with van der Waals surface area (Å²) in [6.07, 6.45) is 1.96. The van der Waals surface area contributed by atoms with Crippen LogP contribution in [0, 0.1) is 0 Å². The van der Waals surface area contributed by atoms with Crippen molar-refractivity contribution >= 4 is 23.2 Å². The minimum absolute atomic E-state index is 0.218. The fraction of sp³-hybridized carbons (Fsp3) is 0.214. The Bertz CT molecular complexity index is 2070. The van der Waals surface area contributed by atoms with Gasteiger partial charge in [0.15, 0.2) is 30.1 Å². The van der Waals surface area contributed by atoms with Crippen LogP contribution in [-0.2, 0) is 30.7 Å². The van der Waals surface area contributed by atoms with Crippen LogP contribution in [0.25, 0.3) is 11.4 Å². The highest BCUT2D eigenvalue weighted by Crippen LogP contribution is 2.44. The second kappa shape index (κ2) is 14.5. The number of nitrogens with zero attached hydrogens (tertiary/aromatic N) is 3. The lowest BCUT2D eigenvalue weighted by Crippen LogP contribution is -2.32. The summed E-state index contributed by atoms with van der Waals surface area (Å²) in [5.41, 5.74) is 4.72. The lowest BCUT2D eigenvalue weighted by atomic mass is 10.1. The lowest BCUT2D eigenvalue weighted by molar-refractivity contribution is 0.173. The highest BCUT2D eigenvalue weighted by molar-refractivity contribution is 7.85. The Morgan fingerprint density at radius 3 is 1.69 bits per heavy atom. The number of aromatic nitrogens is 2. The van der Waals surface area contributed by atoms with Gasteiger partial charge >= 0.3 is 0 Å². The average molecular weight is 698 g/mol. The molecule has 2 aliphatic heterocycles. The number of rotatable bonds is 13. The summed E-state index contributed by atoms with van der Waals surface area (Å²) in [4.78, 5) is 7.80. The van der Waals surface area contributed by atoms with Crippen LogP contribution in [-0.4, -0.2) is 28.0 Å². The Morgan fingerprint density at radius 1 is 0.647 bits per heavy atom. The van der Waals surface area contributed by atoms with E-state index in [1.165, 1.54) is 0 Å².